The van der Waals surface area contributed by atoms with Crippen molar-refractivity contribution < 1.29 is 5.21 Å². The molecule has 0 saturated heterocycles. The Bertz CT molecular complexity index is 695. The molecule has 5 nitrogen and oxygen atoms in total. The summed E-state index contributed by atoms with van der Waals surface area (Å²) in [6.45, 7) is 5.91. The van der Waals surface area contributed by atoms with Gasteiger partial charge in [-0.25, -0.2) is 9.97 Å². The fraction of sp³-hybridized carbons (Fsp3) is 0.214. The Morgan fingerprint density at radius 1 is 1.24 bits per heavy atom. The summed E-state index contributed by atoms with van der Waals surface area (Å²) >= 11 is 7.60. The van der Waals surface area contributed by atoms with Gasteiger partial charge in [-0.1, -0.05) is 16.8 Å². The molecular formula is C14H15ClN4OS. The summed E-state index contributed by atoms with van der Waals surface area (Å²) in [4.78, 5) is 9.71. The zero-order chi connectivity index (χ0) is 15.6. The number of halogens is 1. The summed E-state index contributed by atoms with van der Waals surface area (Å²) in [5, 5.41) is 12.8. The maximum absolute atomic E-state index is 8.67. The standard InChI is InChI=1S/C14H15ClN4OS/c1-7-8(2)17-14(18-9(7)3)21-12-5-4-10(6-11(12)15)13(16)19-20/h4-6,20H,1-3H3,(H2,16,19). The topological polar surface area (TPSA) is 84.4 Å². The minimum absolute atomic E-state index is 0.0201. The summed E-state index contributed by atoms with van der Waals surface area (Å²) in [6, 6.07) is 5.18. The molecule has 1 aromatic carbocycles. The molecule has 3 N–H and O–H groups in total. The van der Waals surface area contributed by atoms with Crippen molar-refractivity contribution in [3.05, 3.63) is 45.7 Å². The van der Waals surface area contributed by atoms with Gasteiger partial charge in [-0.3, -0.25) is 0 Å². The molecule has 0 fully saturated rings. The number of amidine groups is 1. The number of aromatic nitrogens is 2. The van der Waals surface area contributed by atoms with Crippen molar-refractivity contribution in [1.82, 2.24) is 9.97 Å². The molecule has 2 aromatic rings. The van der Waals surface area contributed by atoms with E-state index in [1.165, 1.54) is 11.8 Å². The van der Waals surface area contributed by atoms with Gasteiger partial charge in [0, 0.05) is 21.8 Å². The zero-order valence-electron chi connectivity index (χ0n) is 11.9. The molecule has 110 valence electrons. The van der Waals surface area contributed by atoms with Crippen molar-refractivity contribution in [1.29, 1.82) is 0 Å². The lowest BCUT2D eigenvalue weighted by molar-refractivity contribution is 0.318. The SMILES string of the molecule is Cc1nc(Sc2ccc(C(N)=NO)cc2Cl)nc(C)c1C. The summed E-state index contributed by atoms with van der Waals surface area (Å²) in [5.74, 6) is 0.0201. The number of hydrogen-bond acceptors (Lipinski definition) is 5. The third-order valence-corrected chi connectivity index (χ3v) is 4.51. The van der Waals surface area contributed by atoms with E-state index in [1.54, 1.807) is 18.2 Å². The highest BCUT2D eigenvalue weighted by atomic mass is 35.5. The van der Waals surface area contributed by atoms with E-state index in [9.17, 15) is 0 Å². The highest BCUT2D eigenvalue weighted by molar-refractivity contribution is 7.99. The molecule has 0 aliphatic heterocycles. The number of nitrogens with two attached hydrogens (primary N) is 1. The van der Waals surface area contributed by atoms with Gasteiger partial charge in [-0.2, -0.15) is 0 Å². The van der Waals surface area contributed by atoms with Crippen LogP contribution in [0.15, 0.2) is 33.4 Å². The van der Waals surface area contributed by atoms with Crippen molar-refractivity contribution >= 4 is 29.2 Å². The van der Waals surface area contributed by atoms with E-state index >= 15 is 0 Å². The molecule has 0 aliphatic carbocycles. The number of hydrogen-bond donors (Lipinski definition) is 2. The van der Waals surface area contributed by atoms with E-state index in [-0.39, 0.29) is 5.84 Å². The van der Waals surface area contributed by atoms with Crippen LogP contribution >= 0.6 is 23.4 Å². The zero-order valence-corrected chi connectivity index (χ0v) is 13.5. The van der Waals surface area contributed by atoms with E-state index in [0.717, 1.165) is 21.8 Å². The average molecular weight is 323 g/mol. The summed E-state index contributed by atoms with van der Waals surface area (Å²) in [6.07, 6.45) is 0. The fourth-order valence-electron chi connectivity index (χ4n) is 1.69. The first kappa shape index (κ1) is 15.6. The Morgan fingerprint density at radius 2 is 1.86 bits per heavy atom. The largest absolute Gasteiger partial charge is 0.409 e. The van der Waals surface area contributed by atoms with Gasteiger partial charge in [0.1, 0.15) is 0 Å². The Balaban J connectivity index is 2.32. The smallest absolute Gasteiger partial charge is 0.192 e. The third-order valence-electron chi connectivity index (χ3n) is 3.15. The molecule has 0 spiro atoms. The predicted molar refractivity (Wildman–Crippen MR) is 84.3 cm³/mol. The molecule has 0 saturated carbocycles. The van der Waals surface area contributed by atoms with E-state index in [0.29, 0.717) is 15.7 Å². The Morgan fingerprint density at radius 3 is 2.38 bits per heavy atom. The third kappa shape index (κ3) is 3.46. The van der Waals surface area contributed by atoms with Crippen LogP contribution < -0.4 is 5.73 Å². The van der Waals surface area contributed by atoms with Crippen molar-refractivity contribution in [3.63, 3.8) is 0 Å². The lowest BCUT2D eigenvalue weighted by Crippen LogP contribution is -2.12. The average Bonchev–Trinajstić information content (AvgIpc) is 2.46. The normalized spacial score (nSPS) is 11.7. The molecule has 1 aromatic heterocycles. The van der Waals surface area contributed by atoms with E-state index in [4.69, 9.17) is 22.5 Å². The summed E-state index contributed by atoms with van der Waals surface area (Å²) in [5.41, 5.74) is 9.09. The highest BCUT2D eigenvalue weighted by Gasteiger charge is 2.10. The molecule has 0 aliphatic rings. The lowest BCUT2D eigenvalue weighted by atomic mass is 10.2. The van der Waals surface area contributed by atoms with Gasteiger partial charge in [-0.05, 0) is 56.3 Å². The Kier molecular flexibility index (Phi) is 4.69. The van der Waals surface area contributed by atoms with Crippen LogP contribution in [0.1, 0.15) is 22.5 Å². The van der Waals surface area contributed by atoms with Crippen LogP contribution in [-0.2, 0) is 0 Å². The molecule has 0 amide bonds. The van der Waals surface area contributed by atoms with Crippen LogP contribution in [-0.4, -0.2) is 21.0 Å². The monoisotopic (exact) mass is 322 g/mol. The van der Waals surface area contributed by atoms with E-state index in [1.807, 2.05) is 20.8 Å². The molecule has 0 atom stereocenters. The quantitative estimate of drug-likeness (QED) is 0.298. The van der Waals surface area contributed by atoms with E-state index in [2.05, 4.69) is 15.1 Å². The van der Waals surface area contributed by atoms with Gasteiger partial charge in [0.15, 0.2) is 11.0 Å². The highest BCUT2D eigenvalue weighted by Crippen LogP contribution is 2.32. The van der Waals surface area contributed by atoms with Crippen molar-refractivity contribution in [2.24, 2.45) is 10.9 Å². The van der Waals surface area contributed by atoms with Gasteiger partial charge < -0.3 is 10.9 Å². The first-order valence-electron chi connectivity index (χ1n) is 6.19. The lowest BCUT2D eigenvalue weighted by Gasteiger charge is -2.08. The van der Waals surface area contributed by atoms with Crippen LogP contribution in [0.25, 0.3) is 0 Å². The number of rotatable bonds is 3. The second-order valence-corrected chi connectivity index (χ2v) is 5.95. The van der Waals surface area contributed by atoms with Crippen LogP contribution in [0.4, 0.5) is 0 Å². The van der Waals surface area contributed by atoms with Crippen molar-refractivity contribution in [3.8, 4) is 0 Å². The second kappa shape index (κ2) is 6.32. The fourth-order valence-corrected chi connectivity index (χ4v) is 2.84. The molecular weight excluding hydrogens is 308 g/mol. The van der Waals surface area contributed by atoms with Crippen molar-refractivity contribution in [2.75, 3.05) is 0 Å². The second-order valence-electron chi connectivity index (χ2n) is 4.53. The molecule has 1 heterocycles. The maximum Gasteiger partial charge on any atom is 0.192 e. The molecule has 21 heavy (non-hydrogen) atoms. The first-order chi connectivity index (χ1) is 9.92. The van der Waals surface area contributed by atoms with Gasteiger partial charge in [0.05, 0.1) is 5.02 Å². The summed E-state index contributed by atoms with van der Waals surface area (Å²) in [7, 11) is 0. The molecule has 0 unspecified atom stereocenters. The number of benzene rings is 1. The van der Waals surface area contributed by atoms with Gasteiger partial charge in [-0.15, -0.1) is 0 Å². The minimum Gasteiger partial charge on any atom is -0.409 e. The summed E-state index contributed by atoms with van der Waals surface area (Å²) < 4.78 is 0. The predicted octanol–water partition coefficient (Wildman–Crippen LogP) is 3.30. The van der Waals surface area contributed by atoms with Gasteiger partial charge >= 0.3 is 0 Å². The Hall–Kier alpha value is -1.79. The number of oxime groups is 1. The number of aryl methyl sites for hydroxylation is 2. The first-order valence-corrected chi connectivity index (χ1v) is 7.39. The number of nitrogens with zero attached hydrogens (tertiary/aromatic N) is 3. The van der Waals surface area contributed by atoms with Crippen LogP contribution in [0, 0.1) is 20.8 Å². The van der Waals surface area contributed by atoms with E-state index < -0.39 is 0 Å². The van der Waals surface area contributed by atoms with Gasteiger partial charge in [0.2, 0.25) is 0 Å². The molecule has 0 radical (unpaired) electrons. The van der Waals surface area contributed by atoms with Crippen LogP contribution in [0.3, 0.4) is 0 Å². The van der Waals surface area contributed by atoms with Gasteiger partial charge in [0.25, 0.3) is 0 Å². The molecule has 7 heteroatoms. The van der Waals surface area contributed by atoms with Crippen LogP contribution in [0.2, 0.25) is 5.02 Å². The Labute approximate surface area is 132 Å². The van der Waals surface area contributed by atoms with Crippen molar-refractivity contribution in [2.45, 2.75) is 30.8 Å². The minimum atomic E-state index is 0.0201. The molecule has 0 bridgehead atoms. The maximum atomic E-state index is 8.67. The van der Waals surface area contributed by atoms with Crippen LogP contribution in [0.5, 0.6) is 0 Å². The molecule has 2 rings (SSSR count).